The minimum absolute atomic E-state index is 0.0124. The van der Waals surface area contributed by atoms with Crippen molar-refractivity contribution in [1.82, 2.24) is 9.78 Å². The molecular formula is C13H22N4O3. The van der Waals surface area contributed by atoms with Crippen molar-refractivity contribution >= 4 is 11.5 Å². The molecule has 112 valence electrons. The average Bonchev–Trinajstić information content (AvgIpc) is 2.95. The van der Waals surface area contributed by atoms with Gasteiger partial charge in [-0.05, 0) is 33.6 Å². The summed E-state index contributed by atoms with van der Waals surface area (Å²) < 4.78 is 1.64. The standard InChI is InChI=1S/C13H22N4O3/c1-9(2)16-12(11(17(19)20)10(3)15-16)14-13(8-18)6-4-5-7-13/h9,14,18H,4-8H2,1-3H3. The number of aliphatic hydroxyl groups is 1. The van der Waals surface area contributed by atoms with Crippen molar-refractivity contribution in [2.45, 2.75) is 58.0 Å². The summed E-state index contributed by atoms with van der Waals surface area (Å²) in [6, 6.07) is 0.0158. The van der Waals surface area contributed by atoms with Crippen molar-refractivity contribution < 1.29 is 10.0 Å². The van der Waals surface area contributed by atoms with Crippen molar-refractivity contribution in [1.29, 1.82) is 0 Å². The van der Waals surface area contributed by atoms with E-state index in [0.29, 0.717) is 11.5 Å². The van der Waals surface area contributed by atoms with Crippen LogP contribution in [0.25, 0.3) is 0 Å². The molecule has 0 bridgehead atoms. The van der Waals surface area contributed by atoms with Gasteiger partial charge < -0.3 is 10.4 Å². The van der Waals surface area contributed by atoms with Crippen molar-refractivity contribution in [3.05, 3.63) is 15.8 Å². The maximum absolute atomic E-state index is 11.3. The van der Waals surface area contributed by atoms with Gasteiger partial charge in [0.05, 0.1) is 17.1 Å². The van der Waals surface area contributed by atoms with Gasteiger partial charge in [0, 0.05) is 6.04 Å². The van der Waals surface area contributed by atoms with Gasteiger partial charge in [0.15, 0.2) is 0 Å². The molecule has 1 fully saturated rings. The van der Waals surface area contributed by atoms with Gasteiger partial charge in [0.2, 0.25) is 5.82 Å². The molecule has 7 heteroatoms. The third-order valence-electron chi connectivity index (χ3n) is 3.97. The van der Waals surface area contributed by atoms with Gasteiger partial charge in [-0.3, -0.25) is 10.1 Å². The fourth-order valence-electron chi connectivity index (χ4n) is 2.87. The Labute approximate surface area is 118 Å². The molecule has 0 radical (unpaired) electrons. The minimum atomic E-state index is -0.454. The second kappa shape index (κ2) is 5.40. The topological polar surface area (TPSA) is 93.2 Å². The Morgan fingerprint density at radius 3 is 2.55 bits per heavy atom. The zero-order valence-electron chi connectivity index (χ0n) is 12.2. The van der Waals surface area contributed by atoms with E-state index in [0.717, 1.165) is 25.7 Å². The highest BCUT2D eigenvalue weighted by Crippen LogP contribution is 2.38. The first-order valence-corrected chi connectivity index (χ1v) is 7.03. The molecular weight excluding hydrogens is 260 g/mol. The van der Waals surface area contributed by atoms with Crippen LogP contribution in [0.3, 0.4) is 0 Å². The van der Waals surface area contributed by atoms with Crippen molar-refractivity contribution in [3.8, 4) is 0 Å². The molecule has 2 rings (SSSR count). The first-order chi connectivity index (χ1) is 9.40. The highest BCUT2D eigenvalue weighted by molar-refractivity contribution is 5.61. The van der Waals surface area contributed by atoms with Crippen LogP contribution >= 0.6 is 0 Å². The molecule has 1 aromatic rings. The molecule has 0 aliphatic heterocycles. The van der Waals surface area contributed by atoms with Crippen molar-refractivity contribution in [2.24, 2.45) is 0 Å². The molecule has 0 spiro atoms. The van der Waals surface area contributed by atoms with Crippen molar-refractivity contribution in [3.63, 3.8) is 0 Å². The van der Waals surface area contributed by atoms with Gasteiger partial charge >= 0.3 is 5.69 Å². The van der Waals surface area contributed by atoms with Crippen LogP contribution in [0.2, 0.25) is 0 Å². The molecule has 0 unspecified atom stereocenters. The van der Waals surface area contributed by atoms with Crippen LogP contribution in [0.15, 0.2) is 0 Å². The van der Waals surface area contributed by atoms with Gasteiger partial charge in [0.1, 0.15) is 5.69 Å². The van der Waals surface area contributed by atoms with Crippen LogP contribution in [0.5, 0.6) is 0 Å². The van der Waals surface area contributed by atoms with E-state index in [1.807, 2.05) is 13.8 Å². The molecule has 0 atom stereocenters. The quantitative estimate of drug-likeness (QED) is 0.639. The third kappa shape index (κ3) is 2.49. The molecule has 2 N–H and O–H groups in total. The van der Waals surface area contributed by atoms with E-state index in [1.54, 1.807) is 11.6 Å². The van der Waals surface area contributed by atoms with Crippen LogP contribution < -0.4 is 5.32 Å². The number of nitrogens with one attached hydrogen (secondary N) is 1. The molecule has 20 heavy (non-hydrogen) atoms. The van der Waals surface area contributed by atoms with Crippen LogP contribution in [0.4, 0.5) is 11.5 Å². The Morgan fingerprint density at radius 1 is 1.50 bits per heavy atom. The van der Waals surface area contributed by atoms with E-state index < -0.39 is 10.5 Å². The Hall–Kier alpha value is -1.63. The first kappa shape index (κ1) is 14.8. The Kier molecular flexibility index (Phi) is 3.99. The van der Waals surface area contributed by atoms with Gasteiger partial charge in [-0.25, -0.2) is 4.68 Å². The SMILES string of the molecule is Cc1nn(C(C)C)c(NC2(CO)CCCC2)c1[N+](=O)[O-]. The zero-order chi connectivity index (χ0) is 14.9. The monoisotopic (exact) mass is 282 g/mol. The number of nitro groups is 1. The maximum atomic E-state index is 11.3. The summed E-state index contributed by atoms with van der Waals surface area (Å²) in [6.07, 6.45) is 3.69. The highest BCUT2D eigenvalue weighted by Gasteiger charge is 2.37. The molecule has 1 heterocycles. The van der Waals surface area contributed by atoms with Crippen LogP contribution in [-0.4, -0.2) is 32.0 Å². The Bertz CT molecular complexity index is 504. The summed E-state index contributed by atoms with van der Waals surface area (Å²) in [5, 5.41) is 28.5. The number of nitrogens with zero attached hydrogens (tertiary/aromatic N) is 3. The lowest BCUT2D eigenvalue weighted by molar-refractivity contribution is -0.384. The number of anilines is 1. The lowest BCUT2D eigenvalue weighted by Gasteiger charge is -2.29. The Morgan fingerprint density at radius 2 is 2.10 bits per heavy atom. The molecule has 0 saturated heterocycles. The van der Waals surface area contributed by atoms with Crippen LogP contribution in [0, 0.1) is 17.0 Å². The summed E-state index contributed by atoms with van der Waals surface area (Å²) in [5.74, 6) is 0.415. The fourth-order valence-corrected chi connectivity index (χ4v) is 2.87. The lowest BCUT2D eigenvalue weighted by atomic mass is 9.99. The van der Waals surface area contributed by atoms with Gasteiger partial charge in [-0.2, -0.15) is 5.10 Å². The van der Waals surface area contributed by atoms with Crippen LogP contribution in [-0.2, 0) is 0 Å². The lowest BCUT2D eigenvalue weighted by Crippen LogP contribution is -2.40. The normalized spacial score (nSPS) is 17.6. The summed E-state index contributed by atoms with van der Waals surface area (Å²) in [4.78, 5) is 10.9. The smallest absolute Gasteiger partial charge is 0.333 e. The first-order valence-electron chi connectivity index (χ1n) is 7.03. The highest BCUT2D eigenvalue weighted by atomic mass is 16.6. The van der Waals surface area contributed by atoms with E-state index in [4.69, 9.17) is 0 Å². The molecule has 1 aromatic heterocycles. The van der Waals surface area contributed by atoms with E-state index in [2.05, 4.69) is 10.4 Å². The predicted octanol–water partition coefficient (Wildman–Crippen LogP) is 2.40. The number of aromatic nitrogens is 2. The van der Waals surface area contributed by atoms with Gasteiger partial charge in [-0.15, -0.1) is 0 Å². The van der Waals surface area contributed by atoms with Crippen LogP contribution in [0.1, 0.15) is 51.3 Å². The predicted molar refractivity (Wildman–Crippen MR) is 75.9 cm³/mol. The van der Waals surface area contributed by atoms with E-state index in [9.17, 15) is 15.2 Å². The number of hydrogen-bond acceptors (Lipinski definition) is 5. The summed E-state index contributed by atoms with van der Waals surface area (Å²) >= 11 is 0. The maximum Gasteiger partial charge on any atom is 0.333 e. The molecule has 0 aromatic carbocycles. The van der Waals surface area contributed by atoms with E-state index in [-0.39, 0.29) is 18.3 Å². The summed E-state index contributed by atoms with van der Waals surface area (Å²) in [6.45, 7) is 5.48. The van der Waals surface area contributed by atoms with E-state index in [1.165, 1.54) is 0 Å². The van der Waals surface area contributed by atoms with Gasteiger partial charge in [-0.1, -0.05) is 12.8 Å². The third-order valence-corrected chi connectivity index (χ3v) is 3.97. The second-order valence-electron chi connectivity index (χ2n) is 5.85. The Balaban J connectivity index is 2.45. The fraction of sp³-hybridized carbons (Fsp3) is 0.769. The molecule has 0 amide bonds. The number of aliphatic hydroxyl groups excluding tert-OH is 1. The number of rotatable bonds is 5. The van der Waals surface area contributed by atoms with Gasteiger partial charge in [0.25, 0.3) is 0 Å². The minimum Gasteiger partial charge on any atom is -0.394 e. The molecule has 1 saturated carbocycles. The zero-order valence-corrected chi connectivity index (χ0v) is 12.2. The summed E-state index contributed by atoms with van der Waals surface area (Å²) in [5.41, 5.74) is -0.0418. The number of hydrogen-bond donors (Lipinski definition) is 2. The largest absolute Gasteiger partial charge is 0.394 e. The number of aryl methyl sites for hydroxylation is 1. The molecule has 7 nitrogen and oxygen atoms in total. The second-order valence-corrected chi connectivity index (χ2v) is 5.85. The van der Waals surface area contributed by atoms with Crippen molar-refractivity contribution in [2.75, 3.05) is 11.9 Å². The van der Waals surface area contributed by atoms with E-state index >= 15 is 0 Å². The molecule has 1 aliphatic rings. The summed E-state index contributed by atoms with van der Waals surface area (Å²) in [7, 11) is 0. The average molecular weight is 282 g/mol. The molecule has 1 aliphatic carbocycles.